The molecule has 1 aromatic carbocycles. The van der Waals surface area contributed by atoms with Crippen LogP contribution in [-0.4, -0.2) is 12.5 Å². The van der Waals surface area contributed by atoms with Gasteiger partial charge in [-0.1, -0.05) is 36.8 Å². The van der Waals surface area contributed by atoms with E-state index in [9.17, 15) is 4.79 Å². The zero-order chi connectivity index (χ0) is 16.1. The van der Waals surface area contributed by atoms with Gasteiger partial charge in [-0.3, -0.25) is 4.79 Å². The van der Waals surface area contributed by atoms with E-state index < -0.39 is 0 Å². The van der Waals surface area contributed by atoms with Crippen LogP contribution in [0.5, 0.6) is 0 Å². The molecule has 0 radical (unpaired) electrons. The van der Waals surface area contributed by atoms with E-state index in [1.165, 1.54) is 30.4 Å². The SMILES string of the molecule is CCCNC(=O)C12CC3CC(C1)CC(c1ccc(C)cc1)(C3)C2. The van der Waals surface area contributed by atoms with E-state index in [1.807, 2.05) is 0 Å². The Bertz CT molecular complexity index is 589. The van der Waals surface area contributed by atoms with E-state index in [0.29, 0.717) is 5.91 Å². The zero-order valence-electron chi connectivity index (χ0n) is 14.5. The third-order valence-corrected chi connectivity index (χ3v) is 6.74. The Kier molecular flexibility index (Phi) is 3.55. The fourth-order valence-corrected chi connectivity index (χ4v) is 6.20. The van der Waals surface area contributed by atoms with Crippen LogP contribution < -0.4 is 5.32 Å². The average molecular weight is 311 g/mol. The molecule has 0 heterocycles. The average Bonchev–Trinajstić information content (AvgIpc) is 2.51. The van der Waals surface area contributed by atoms with Gasteiger partial charge >= 0.3 is 0 Å². The van der Waals surface area contributed by atoms with Gasteiger partial charge in [-0.2, -0.15) is 0 Å². The van der Waals surface area contributed by atoms with Gasteiger partial charge in [0.05, 0.1) is 5.41 Å². The molecule has 4 saturated carbocycles. The Labute approximate surface area is 140 Å². The van der Waals surface area contributed by atoms with Crippen molar-refractivity contribution in [3.63, 3.8) is 0 Å². The van der Waals surface area contributed by atoms with Crippen molar-refractivity contribution < 1.29 is 4.79 Å². The maximum absolute atomic E-state index is 13.0. The molecule has 1 aromatic rings. The van der Waals surface area contributed by atoms with Crippen molar-refractivity contribution in [2.24, 2.45) is 17.3 Å². The van der Waals surface area contributed by atoms with Crippen LogP contribution in [0.4, 0.5) is 0 Å². The smallest absolute Gasteiger partial charge is 0.226 e. The number of hydrogen-bond acceptors (Lipinski definition) is 1. The van der Waals surface area contributed by atoms with Crippen molar-refractivity contribution in [3.05, 3.63) is 35.4 Å². The van der Waals surface area contributed by atoms with Crippen LogP contribution in [0.1, 0.15) is 63.0 Å². The topological polar surface area (TPSA) is 29.1 Å². The van der Waals surface area contributed by atoms with Crippen LogP contribution in [0.25, 0.3) is 0 Å². The summed E-state index contributed by atoms with van der Waals surface area (Å²) < 4.78 is 0. The molecule has 4 aliphatic carbocycles. The van der Waals surface area contributed by atoms with Crippen LogP contribution in [0, 0.1) is 24.2 Å². The highest BCUT2D eigenvalue weighted by molar-refractivity contribution is 5.83. The zero-order valence-corrected chi connectivity index (χ0v) is 14.5. The first-order chi connectivity index (χ1) is 11.1. The number of carbonyl (C=O) groups excluding carboxylic acids is 1. The first-order valence-electron chi connectivity index (χ1n) is 9.41. The normalized spacial score (nSPS) is 37.8. The highest BCUT2D eigenvalue weighted by Crippen LogP contribution is 2.65. The minimum absolute atomic E-state index is 0.0792. The van der Waals surface area contributed by atoms with Gasteiger partial charge in [0.25, 0.3) is 0 Å². The first kappa shape index (κ1) is 15.2. The number of nitrogens with one attached hydrogen (secondary N) is 1. The van der Waals surface area contributed by atoms with E-state index in [0.717, 1.165) is 44.1 Å². The van der Waals surface area contributed by atoms with E-state index in [1.54, 1.807) is 0 Å². The summed E-state index contributed by atoms with van der Waals surface area (Å²) in [5, 5.41) is 3.23. The number of rotatable bonds is 4. The molecule has 4 bridgehead atoms. The van der Waals surface area contributed by atoms with Crippen LogP contribution >= 0.6 is 0 Å². The van der Waals surface area contributed by atoms with Crippen LogP contribution in [-0.2, 0) is 10.2 Å². The molecule has 2 nitrogen and oxygen atoms in total. The molecule has 2 unspecified atom stereocenters. The van der Waals surface area contributed by atoms with Crippen molar-refractivity contribution >= 4 is 5.91 Å². The molecule has 5 rings (SSSR count). The lowest BCUT2D eigenvalue weighted by Crippen LogP contribution is -2.59. The molecular formula is C21H29NO. The monoisotopic (exact) mass is 311 g/mol. The van der Waals surface area contributed by atoms with Crippen LogP contribution in [0.3, 0.4) is 0 Å². The molecule has 4 fully saturated rings. The lowest BCUT2D eigenvalue weighted by atomic mass is 9.42. The molecule has 23 heavy (non-hydrogen) atoms. The largest absolute Gasteiger partial charge is 0.356 e. The maximum atomic E-state index is 13.0. The van der Waals surface area contributed by atoms with Crippen molar-refractivity contribution in [3.8, 4) is 0 Å². The van der Waals surface area contributed by atoms with Gasteiger partial charge < -0.3 is 5.32 Å². The molecule has 0 spiro atoms. The van der Waals surface area contributed by atoms with Crippen molar-refractivity contribution in [1.29, 1.82) is 0 Å². The van der Waals surface area contributed by atoms with Gasteiger partial charge in [0, 0.05) is 6.54 Å². The summed E-state index contributed by atoms with van der Waals surface area (Å²) in [7, 11) is 0. The first-order valence-corrected chi connectivity index (χ1v) is 9.41. The Morgan fingerprint density at radius 2 is 1.78 bits per heavy atom. The summed E-state index contributed by atoms with van der Waals surface area (Å²) in [4.78, 5) is 13.0. The minimum atomic E-state index is -0.0792. The molecular weight excluding hydrogens is 282 g/mol. The predicted octanol–water partition coefficient (Wildman–Crippen LogP) is 4.36. The van der Waals surface area contributed by atoms with E-state index in [4.69, 9.17) is 0 Å². The number of benzene rings is 1. The molecule has 0 aliphatic heterocycles. The van der Waals surface area contributed by atoms with E-state index in [2.05, 4.69) is 43.4 Å². The molecule has 1 amide bonds. The van der Waals surface area contributed by atoms with Crippen LogP contribution in [0.2, 0.25) is 0 Å². The van der Waals surface area contributed by atoms with Gasteiger partial charge in [0.1, 0.15) is 0 Å². The summed E-state index contributed by atoms with van der Waals surface area (Å²) in [6.45, 7) is 5.12. The van der Waals surface area contributed by atoms with E-state index >= 15 is 0 Å². The van der Waals surface area contributed by atoms with Crippen molar-refractivity contribution in [2.45, 2.75) is 64.2 Å². The van der Waals surface area contributed by atoms with Gasteiger partial charge in [-0.25, -0.2) is 0 Å². The number of carbonyl (C=O) groups is 1. The van der Waals surface area contributed by atoms with Gasteiger partial charge in [0.2, 0.25) is 5.91 Å². The summed E-state index contributed by atoms with van der Waals surface area (Å²) in [6, 6.07) is 9.16. The minimum Gasteiger partial charge on any atom is -0.356 e. The lowest BCUT2D eigenvalue weighted by molar-refractivity contribution is -0.149. The molecule has 0 saturated heterocycles. The lowest BCUT2D eigenvalue weighted by Gasteiger charge is -2.61. The highest BCUT2D eigenvalue weighted by atomic mass is 16.2. The Balaban J connectivity index is 1.68. The summed E-state index contributed by atoms with van der Waals surface area (Å²) in [5.41, 5.74) is 3.00. The Hall–Kier alpha value is -1.31. The van der Waals surface area contributed by atoms with E-state index in [-0.39, 0.29) is 10.8 Å². The standard InChI is InChI=1S/C21H29NO/c1-3-8-22-19(23)21-12-16-9-17(13-21)11-20(10-16,14-21)18-6-4-15(2)5-7-18/h4-7,16-17H,3,8-14H2,1-2H3,(H,22,23). The highest BCUT2D eigenvalue weighted by Gasteiger charge is 2.60. The third kappa shape index (κ3) is 2.42. The van der Waals surface area contributed by atoms with Crippen molar-refractivity contribution in [1.82, 2.24) is 5.32 Å². The molecule has 2 atom stereocenters. The van der Waals surface area contributed by atoms with Gasteiger partial charge in [-0.15, -0.1) is 0 Å². The molecule has 1 N–H and O–H groups in total. The summed E-state index contributed by atoms with van der Waals surface area (Å²) in [6.07, 6.45) is 8.32. The molecule has 4 aliphatic rings. The Morgan fingerprint density at radius 1 is 1.13 bits per heavy atom. The van der Waals surface area contributed by atoms with Crippen LogP contribution in [0.15, 0.2) is 24.3 Å². The van der Waals surface area contributed by atoms with Gasteiger partial charge in [-0.05, 0) is 74.7 Å². The quantitative estimate of drug-likeness (QED) is 0.879. The number of aryl methyl sites for hydroxylation is 1. The third-order valence-electron chi connectivity index (χ3n) is 6.74. The second-order valence-corrected chi connectivity index (χ2v) is 8.64. The Morgan fingerprint density at radius 3 is 2.39 bits per heavy atom. The maximum Gasteiger partial charge on any atom is 0.226 e. The number of amides is 1. The fourth-order valence-electron chi connectivity index (χ4n) is 6.20. The molecule has 124 valence electrons. The summed E-state index contributed by atoms with van der Waals surface area (Å²) in [5.74, 6) is 1.86. The summed E-state index contributed by atoms with van der Waals surface area (Å²) >= 11 is 0. The molecule has 2 heteroatoms. The second-order valence-electron chi connectivity index (χ2n) is 8.64. The second kappa shape index (κ2) is 5.36. The van der Waals surface area contributed by atoms with Crippen molar-refractivity contribution in [2.75, 3.05) is 6.54 Å². The molecule has 0 aromatic heterocycles. The van der Waals surface area contributed by atoms with Gasteiger partial charge in [0.15, 0.2) is 0 Å². The number of hydrogen-bond donors (Lipinski definition) is 1. The predicted molar refractivity (Wildman–Crippen MR) is 93.3 cm³/mol. The fraction of sp³-hybridized carbons (Fsp3) is 0.667.